The van der Waals surface area contributed by atoms with E-state index in [0.717, 1.165) is 11.3 Å². The van der Waals surface area contributed by atoms with Gasteiger partial charge in [0.25, 0.3) is 6.43 Å². The lowest BCUT2D eigenvalue weighted by atomic mass is 10.0. The smallest absolute Gasteiger partial charge is 0.264 e. The van der Waals surface area contributed by atoms with Gasteiger partial charge in [0.15, 0.2) is 5.82 Å². The van der Waals surface area contributed by atoms with Gasteiger partial charge in [-0.1, -0.05) is 19.9 Å². The first-order valence-electron chi connectivity index (χ1n) is 11.3. The van der Waals surface area contributed by atoms with Gasteiger partial charge in [0.2, 0.25) is 5.91 Å². The van der Waals surface area contributed by atoms with Crippen LogP contribution in [0.1, 0.15) is 63.9 Å². The molecule has 3 aromatic rings. The van der Waals surface area contributed by atoms with Crippen molar-refractivity contribution in [3.63, 3.8) is 0 Å². The number of aromatic nitrogens is 4. The lowest BCUT2D eigenvalue weighted by Crippen LogP contribution is -2.34. The average Bonchev–Trinajstić information content (AvgIpc) is 3.38. The first-order valence-corrected chi connectivity index (χ1v) is 11.3. The number of benzene rings is 1. The predicted molar refractivity (Wildman–Crippen MR) is 126 cm³/mol. The van der Waals surface area contributed by atoms with Gasteiger partial charge in [-0.25, -0.2) is 8.78 Å². The molecule has 0 fully saturated rings. The van der Waals surface area contributed by atoms with Crippen LogP contribution in [-0.2, 0) is 24.8 Å². The minimum absolute atomic E-state index is 0.00899. The van der Waals surface area contributed by atoms with Crippen LogP contribution in [0.25, 0.3) is 11.1 Å². The van der Waals surface area contributed by atoms with Gasteiger partial charge in [-0.15, -0.1) is 0 Å². The van der Waals surface area contributed by atoms with Crippen molar-refractivity contribution < 1.29 is 13.6 Å². The van der Waals surface area contributed by atoms with Crippen LogP contribution in [-0.4, -0.2) is 36.9 Å². The Morgan fingerprint density at radius 1 is 1.21 bits per heavy atom. The monoisotopic (exact) mass is 458 g/mol. The fourth-order valence-electron chi connectivity index (χ4n) is 4.02. The van der Waals surface area contributed by atoms with E-state index >= 15 is 0 Å². The summed E-state index contributed by atoms with van der Waals surface area (Å²) in [6, 6.07) is 5.05. The summed E-state index contributed by atoms with van der Waals surface area (Å²) in [6.45, 7) is 10.7. The van der Waals surface area contributed by atoms with E-state index in [2.05, 4.69) is 10.4 Å². The molecule has 0 saturated heterocycles. The van der Waals surface area contributed by atoms with Crippen LogP contribution >= 0.6 is 0 Å². The maximum absolute atomic E-state index is 13.8. The summed E-state index contributed by atoms with van der Waals surface area (Å²) in [5.41, 5.74) is 3.56. The van der Waals surface area contributed by atoms with E-state index in [1.807, 2.05) is 32.4 Å². The third-order valence-electron chi connectivity index (χ3n) is 5.59. The zero-order valence-corrected chi connectivity index (χ0v) is 20.1. The molecule has 0 atom stereocenters. The van der Waals surface area contributed by atoms with Gasteiger partial charge < -0.3 is 10.2 Å². The van der Waals surface area contributed by atoms with Gasteiger partial charge in [0.1, 0.15) is 0 Å². The summed E-state index contributed by atoms with van der Waals surface area (Å²) >= 11 is 0. The molecule has 2 aromatic heterocycles. The molecule has 0 unspecified atom stereocenters. The Morgan fingerprint density at radius 3 is 2.52 bits per heavy atom. The summed E-state index contributed by atoms with van der Waals surface area (Å²) in [5, 5.41) is 12.0. The highest BCUT2D eigenvalue weighted by atomic mass is 19.3. The maximum atomic E-state index is 13.8. The topological polar surface area (TPSA) is 68.0 Å². The van der Waals surface area contributed by atoms with Crippen molar-refractivity contribution in [2.24, 2.45) is 7.05 Å². The summed E-state index contributed by atoms with van der Waals surface area (Å²) in [6.07, 6.45) is 1.37. The highest BCUT2D eigenvalue weighted by Gasteiger charge is 2.27. The maximum Gasteiger partial charge on any atom is 0.264 e. The van der Waals surface area contributed by atoms with Gasteiger partial charge >= 0.3 is 0 Å². The van der Waals surface area contributed by atoms with Crippen LogP contribution in [0.5, 0.6) is 0 Å². The Morgan fingerprint density at radius 2 is 1.94 bits per heavy atom. The number of carbonyl (C=O) groups excluding carboxylic acids is 1. The van der Waals surface area contributed by atoms with Gasteiger partial charge in [-0.2, -0.15) is 10.2 Å². The first-order chi connectivity index (χ1) is 15.7. The summed E-state index contributed by atoms with van der Waals surface area (Å²) in [4.78, 5) is 13.7. The molecule has 1 N–H and O–H groups in total. The van der Waals surface area contributed by atoms with E-state index in [0.29, 0.717) is 42.1 Å². The van der Waals surface area contributed by atoms with Crippen LogP contribution in [0.2, 0.25) is 0 Å². The number of aryl methyl sites for hydroxylation is 1. The Bertz CT molecular complexity index is 1120. The van der Waals surface area contributed by atoms with Crippen molar-refractivity contribution in [3.8, 4) is 11.1 Å². The number of fused-ring (bicyclic) bond motifs is 1. The van der Waals surface area contributed by atoms with Gasteiger partial charge in [-0.3, -0.25) is 14.2 Å². The third kappa shape index (κ3) is 5.07. The van der Waals surface area contributed by atoms with Crippen molar-refractivity contribution in [2.75, 3.05) is 11.9 Å². The summed E-state index contributed by atoms with van der Waals surface area (Å²) in [5.74, 6) is 0.610. The molecule has 33 heavy (non-hydrogen) atoms. The second-order valence-corrected chi connectivity index (χ2v) is 8.13. The normalized spacial score (nSPS) is 13.1. The fraction of sp³-hybridized carbons (Fsp3) is 0.458. The molecule has 1 aliphatic rings. The number of hydrogen-bond acceptors (Lipinski definition) is 4. The molecule has 0 saturated carbocycles. The van der Waals surface area contributed by atoms with E-state index < -0.39 is 6.43 Å². The SMILES string of the molecule is CC.CC(=O)N1CCc2c(c(Nc3ccc(-c4cnn(C)c4)c(C(F)F)c3)nn2C(C)C)C1. The molecule has 0 radical (unpaired) electrons. The summed E-state index contributed by atoms with van der Waals surface area (Å²) in [7, 11) is 1.75. The zero-order valence-electron chi connectivity index (χ0n) is 20.1. The minimum Gasteiger partial charge on any atom is -0.338 e. The Balaban J connectivity index is 0.00000149. The number of rotatable bonds is 5. The lowest BCUT2D eigenvalue weighted by molar-refractivity contribution is -0.129. The molecular weight excluding hydrogens is 426 g/mol. The lowest BCUT2D eigenvalue weighted by Gasteiger charge is -2.27. The zero-order chi connectivity index (χ0) is 24.3. The Hall–Kier alpha value is -3.23. The van der Waals surface area contributed by atoms with Crippen LogP contribution < -0.4 is 5.32 Å². The minimum atomic E-state index is -2.63. The van der Waals surface area contributed by atoms with Crippen LogP contribution in [0.3, 0.4) is 0 Å². The number of carbonyl (C=O) groups is 1. The van der Waals surface area contributed by atoms with Crippen molar-refractivity contribution >= 4 is 17.4 Å². The highest BCUT2D eigenvalue weighted by Crippen LogP contribution is 2.35. The highest BCUT2D eigenvalue weighted by molar-refractivity contribution is 5.75. The molecule has 1 aromatic carbocycles. The third-order valence-corrected chi connectivity index (χ3v) is 5.59. The van der Waals surface area contributed by atoms with Gasteiger partial charge in [0, 0.05) is 67.2 Å². The van der Waals surface area contributed by atoms with E-state index in [4.69, 9.17) is 5.10 Å². The Labute approximate surface area is 193 Å². The van der Waals surface area contributed by atoms with E-state index in [1.165, 1.54) is 6.07 Å². The molecule has 9 heteroatoms. The number of hydrogen-bond donors (Lipinski definition) is 1. The quantitative estimate of drug-likeness (QED) is 0.550. The average molecular weight is 459 g/mol. The number of amides is 1. The molecule has 4 rings (SSSR count). The van der Waals surface area contributed by atoms with Crippen LogP contribution in [0.15, 0.2) is 30.6 Å². The van der Waals surface area contributed by atoms with Crippen molar-refractivity contribution in [3.05, 3.63) is 47.4 Å². The van der Waals surface area contributed by atoms with Gasteiger partial charge in [0.05, 0.1) is 12.7 Å². The number of halogens is 2. The fourth-order valence-corrected chi connectivity index (χ4v) is 4.02. The summed E-state index contributed by atoms with van der Waals surface area (Å²) < 4.78 is 31.2. The number of nitrogens with one attached hydrogen (secondary N) is 1. The Kier molecular flexibility index (Phi) is 7.50. The second-order valence-electron chi connectivity index (χ2n) is 8.13. The molecule has 7 nitrogen and oxygen atoms in total. The molecule has 178 valence electrons. The van der Waals surface area contributed by atoms with E-state index in [-0.39, 0.29) is 17.5 Å². The molecule has 0 aliphatic carbocycles. The second kappa shape index (κ2) is 10.1. The number of nitrogens with zero attached hydrogens (tertiary/aromatic N) is 5. The predicted octanol–water partition coefficient (Wildman–Crippen LogP) is 5.48. The van der Waals surface area contributed by atoms with Crippen molar-refractivity contribution in [1.82, 2.24) is 24.5 Å². The largest absolute Gasteiger partial charge is 0.338 e. The van der Waals surface area contributed by atoms with Crippen LogP contribution in [0.4, 0.5) is 20.3 Å². The molecule has 1 amide bonds. The molecule has 0 spiro atoms. The number of anilines is 2. The standard InChI is InChI=1S/C22H26F2N6O.C2H6/c1-13(2)30-20-7-8-29(14(3)31)12-19(20)22(27-30)26-16-5-6-17(18(9-16)21(23)24)15-10-25-28(4)11-15;1-2/h5-6,9-11,13,21H,7-8,12H2,1-4H3,(H,26,27);1-2H3. The van der Waals surface area contributed by atoms with E-state index in [9.17, 15) is 13.6 Å². The van der Waals surface area contributed by atoms with Crippen molar-refractivity contribution in [2.45, 2.75) is 60.1 Å². The molecule has 0 bridgehead atoms. The number of alkyl halides is 2. The van der Waals surface area contributed by atoms with Crippen molar-refractivity contribution in [1.29, 1.82) is 0 Å². The van der Waals surface area contributed by atoms with Gasteiger partial charge in [-0.05, 0) is 31.5 Å². The molecule has 1 aliphatic heterocycles. The molecular formula is C24H32F2N6O. The van der Waals surface area contributed by atoms with Crippen LogP contribution in [0, 0.1) is 0 Å². The molecule has 3 heterocycles. The first kappa shape index (κ1) is 24.4. The van der Waals surface area contributed by atoms with E-state index in [1.54, 1.807) is 48.1 Å².